The van der Waals surface area contributed by atoms with E-state index >= 15 is 0 Å². The van der Waals surface area contributed by atoms with E-state index < -0.39 is 33.4 Å². The van der Waals surface area contributed by atoms with Crippen LogP contribution >= 0.6 is 11.8 Å². The first kappa shape index (κ1) is 29.8. The molecule has 0 radical (unpaired) electrons. The molecule has 0 aliphatic carbocycles. The van der Waals surface area contributed by atoms with E-state index in [4.69, 9.17) is 0 Å². The lowest BCUT2D eigenvalue weighted by Gasteiger charge is -2.41. The molecular weight excluding hydrogens is 486 g/mol. The highest BCUT2D eigenvalue weighted by Crippen LogP contribution is 2.72. The van der Waals surface area contributed by atoms with Crippen LogP contribution in [0.15, 0.2) is 25.3 Å². The minimum atomic E-state index is -0.702. The van der Waals surface area contributed by atoms with E-state index in [1.165, 1.54) is 0 Å². The predicted octanol–water partition coefficient (Wildman–Crippen LogP) is 3.72. The average molecular weight is 534 g/mol. The number of hydrogen-bond acceptors (Lipinski definition) is 5. The number of thioether (sulfide) groups is 1. The van der Waals surface area contributed by atoms with Crippen molar-refractivity contribution in [3.8, 4) is 0 Å². The Labute approximate surface area is 227 Å². The predicted molar refractivity (Wildman–Crippen MR) is 150 cm³/mol. The second-order valence-electron chi connectivity index (χ2n) is 11.4. The molecule has 3 aliphatic heterocycles. The summed E-state index contributed by atoms with van der Waals surface area (Å²) in [5, 5.41) is 10.5. The van der Waals surface area contributed by atoms with Gasteiger partial charge in [-0.2, -0.15) is 0 Å². The van der Waals surface area contributed by atoms with Gasteiger partial charge in [0, 0.05) is 31.4 Å². The van der Waals surface area contributed by atoms with Crippen LogP contribution in [0.5, 0.6) is 0 Å². The third-order valence-corrected chi connectivity index (χ3v) is 11.0. The van der Waals surface area contributed by atoms with Crippen LogP contribution in [0.2, 0.25) is 0 Å². The highest BCUT2D eigenvalue weighted by molar-refractivity contribution is 8.02. The van der Waals surface area contributed by atoms with Crippen LogP contribution in [0.1, 0.15) is 66.2 Å². The summed E-state index contributed by atoms with van der Waals surface area (Å²) in [5.41, 5.74) is 0. The number of unbranched alkanes of at least 4 members (excludes halogenated alkanes) is 2. The Bertz CT molecular complexity index is 896. The number of carbonyl (C=O) groups is 3. The van der Waals surface area contributed by atoms with Crippen LogP contribution in [0.4, 0.5) is 0 Å². The van der Waals surface area contributed by atoms with E-state index in [0.717, 1.165) is 32.1 Å². The lowest BCUT2D eigenvalue weighted by molar-refractivity contribution is -0.148. The van der Waals surface area contributed by atoms with Crippen molar-refractivity contribution >= 4 is 29.5 Å². The molecule has 2 unspecified atom stereocenters. The molecule has 3 fully saturated rings. The molecule has 3 amide bonds. The number of hydrogen-bond donors (Lipinski definition) is 1. The molecule has 2 bridgehead atoms. The van der Waals surface area contributed by atoms with Crippen molar-refractivity contribution in [2.75, 3.05) is 33.3 Å². The minimum Gasteiger partial charge on any atom is -0.394 e. The molecule has 7 nitrogen and oxygen atoms in total. The molecule has 3 aliphatic rings. The van der Waals surface area contributed by atoms with Gasteiger partial charge in [-0.15, -0.1) is 24.9 Å². The molecule has 0 aromatic rings. The highest BCUT2D eigenvalue weighted by atomic mass is 32.2. The standard InChI is InChI=1S/C29H47N3O4S/c1-8-12-13-18-31(17-10-3)27(36)24-29-15-14-28(6,37-29)22(25(34)30(7)16-9-2)23(29)26(35)32(24)21(19-33)20(5)11-4/h9-10,20-24,33H,2-3,8,11-19H2,1,4-7H3/t20-,21-,22-,23-,24?,28+,29?/m0/s1. The second-order valence-corrected chi connectivity index (χ2v) is 13.3. The molecule has 37 heavy (non-hydrogen) atoms. The van der Waals surface area contributed by atoms with E-state index in [1.54, 1.807) is 40.8 Å². The van der Waals surface area contributed by atoms with Crippen molar-refractivity contribution in [2.24, 2.45) is 17.8 Å². The fraction of sp³-hybridized carbons (Fsp3) is 0.759. The van der Waals surface area contributed by atoms with Crippen LogP contribution < -0.4 is 0 Å². The van der Waals surface area contributed by atoms with E-state index in [0.29, 0.717) is 26.1 Å². The number of aliphatic hydroxyl groups is 1. The number of carbonyl (C=O) groups excluding carboxylic acids is 3. The molecular formula is C29H47N3O4S. The van der Waals surface area contributed by atoms with Crippen LogP contribution in [0, 0.1) is 17.8 Å². The molecule has 0 aromatic carbocycles. The summed E-state index contributed by atoms with van der Waals surface area (Å²) in [4.78, 5) is 47.8. The molecule has 1 spiro atoms. The Morgan fingerprint density at radius 1 is 1.19 bits per heavy atom. The molecule has 3 heterocycles. The SMILES string of the molecule is C=CCN(C)C(=O)[C@@H]1[C@H]2C(=O)N([C@@H](CO)[C@@H](C)CC)C(C(=O)N(CC=C)CCCCC)C23CC[C@@]1(C)S3. The van der Waals surface area contributed by atoms with Crippen LogP contribution in [0.3, 0.4) is 0 Å². The van der Waals surface area contributed by atoms with Crippen molar-refractivity contribution in [2.45, 2.75) is 87.8 Å². The van der Waals surface area contributed by atoms with Gasteiger partial charge in [-0.05, 0) is 32.1 Å². The maximum Gasteiger partial charge on any atom is 0.247 e. The van der Waals surface area contributed by atoms with Gasteiger partial charge in [0.1, 0.15) is 6.04 Å². The van der Waals surface area contributed by atoms with Gasteiger partial charge in [-0.1, -0.05) is 52.2 Å². The lowest BCUT2D eigenvalue weighted by atomic mass is 9.66. The Hall–Kier alpha value is -1.80. The summed E-state index contributed by atoms with van der Waals surface area (Å²) in [5.74, 6) is -1.35. The Balaban J connectivity index is 2.12. The van der Waals surface area contributed by atoms with Crippen LogP contribution in [-0.2, 0) is 14.4 Å². The van der Waals surface area contributed by atoms with Gasteiger partial charge >= 0.3 is 0 Å². The number of aliphatic hydroxyl groups excluding tert-OH is 1. The quantitative estimate of drug-likeness (QED) is 0.272. The molecule has 0 aromatic heterocycles. The van der Waals surface area contributed by atoms with Crippen molar-refractivity contribution in [1.82, 2.24) is 14.7 Å². The maximum absolute atomic E-state index is 14.4. The van der Waals surface area contributed by atoms with Crippen molar-refractivity contribution in [3.63, 3.8) is 0 Å². The maximum atomic E-state index is 14.4. The summed E-state index contributed by atoms with van der Waals surface area (Å²) < 4.78 is -1.09. The first-order valence-corrected chi connectivity index (χ1v) is 14.8. The number of rotatable bonds is 14. The summed E-state index contributed by atoms with van der Waals surface area (Å²) in [6.07, 6.45) is 8.66. The summed E-state index contributed by atoms with van der Waals surface area (Å²) in [7, 11) is 1.76. The van der Waals surface area contributed by atoms with Crippen molar-refractivity contribution in [3.05, 3.63) is 25.3 Å². The summed E-state index contributed by atoms with van der Waals surface area (Å²) in [6, 6.07) is -1.17. The molecule has 8 heteroatoms. The molecule has 3 saturated heterocycles. The molecule has 1 N–H and O–H groups in total. The van der Waals surface area contributed by atoms with Gasteiger partial charge in [0.2, 0.25) is 17.7 Å². The first-order valence-electron chi connectivity index (χ1n) is 14.0. The van der Waals surface area contributed by atoms with E-state index in [1.807, 2.05) is 18.7 Å². The van der Waals surface area contributed by atoms with E-state index in [9.17, 15) is 19.5 Å². The number of nitrogens with zero attached hydrogens (tertiary/aromatic N) is 3. The van der Waals surface area contributed by atoms with Gasteiger partial charge < -0.3 is 19.8 Å². The van der Waals surface area contributed by atoms with E-state index in [2.05, 4.69) is 27.0 Å². The zero-order valence-electron chi connectivity index (χ0n) is 23.4. The van der Waals surface area contributed by atoms with Crippen LogP contribution in [0.25, 0.3) is 0 Å². The minimum absolute atomic E-state index is 0.0165. The van der Waals surface area contributed by atoms with Gasteiger partial charge in [0.15, 0.2) is 0 Å². The zero-order chi connectivity index (χ0) is 27.5. The zero-order valence-corrected chi connectivity index (χ0v) is 24.3. The Kier molecular flexibility index (Phi) is 9.60. The number of fused-ring (bicyclic) bond motifs is 1. The summed E-state index contributed by atoms with van der Waals surface area (Å²) >= 11 is 1.69. The van der Waals surface area contributed by atoms with Gasteiger partial charge in [-0.3, -0.25) is 14.4 Å². The molecule has 208 valence electrons. The second kappa shape index (κ2) is 11.9. The first-order chi connectivity index (χ1) is 17.6. The van der Waals surface area contributed by atoms with E-state index in [-0.39, 0.29) is 30.2 Å². The van der Waals surface area contributed by atoms with Gasteiger partial charge in [0.25, 0.3) is 0 Å². The monoisotopic (exact) mass is 533 g/mol. The van der Waals surface area contributed by atoms with Crippen molar-refractivity contribution in [1.29, 1.82) is 0 Å². The number of amides is 3. The Morgan fingerprint density at radius 2 is 1.86 bits per heavy atom. The molecule has 3 rings (SSSR count). The highest BCUT2D eigenvalue weighted by Gasteiger charge is 2.78. The third kappa shape index (κ3) is 5.00. The van der Waals surface area contributed by atoms with Gasteiger partial charge in [0.05, 0.1) is 29.2 Å². The number of likely N-dealkylation sites (N-methyl/N-ethyl adjacent to an activating group) is 1. The van der Waals surface area contributed by atoms with Crippen LogP contribution in [-0.4, -0.2) is 92.4 Å². The van der Waals surface area contributed by atoms with Crippen molar-refractivity contribution < 1.29 is 19.5 Å². The smallest absolute Gasteiger partial charge is 0.247 e. The Morgan fingerprint density at radius 3 is 2.43 bits per heavy atom. The average Bonchev–Trinajstić information content (AvgIpc) is 3.44. The topological polar surface area (TPSA) is 81.2 Å². The third-order valence-electron chi connectivity index (χ3n) is 9.03. The normalized spacial score (nSPS) is 31.7. The molecule has 0 saturated carbocycles. The fourth-order valence-electron chi connectivity index (χ4n) is 6.88. The van der Waals surface area contributed by atoms with Gasteiger partial charge in [-0.25, -0.2) is 0 Å². The molecule has 7 atom stereocenters. The largest absolute Gasteiger partial charge is 0.394 e. The fourth-order valence-corrected chi connectivity index (χ4v) is 9.21. The lowest BCUT2D eigenvalue weighted by Crippen LogP contribution is -2.58. The number of likely N-dealkylation sites (tertiary alicyclic amines) is 1. The summed E-state index contributed by atoms with van der Waals surface area (Å²) in [6.45, 7) is 17.2.